The summed E-state index contributed by atoms with van der Waals surface area (Å²) in [4.78, 5) is 0. The van der Waals surface area contributed by atoms with E-state index in [2.05, 4.69) is 5.32 Å². The summed E-state index contributed by atoms with van der Waals surface area (Å²) < 4.78 is 12.8. The Kier molecular flexibility index (Phi) is 1.64. The lowest BCUT2D eigenvalue weighted by molar-refractivity contribution is 0.432. The summed E-state index contributed by atoms with van der Waals surface area (Å²) in [5.41, 5.74) is 0.743. The van der Waals surface area contributed by atoms with Crippen LogP contribution < -0.4 is 5.32 Å². The van der Waals surface area contributed by atoms with E-state index in [-0.39, 0.29) is 5.75 Å². The van der Waals surface area contributed by atoms with Gasteiger partial charge in [0.15, 0.2) is 11.6 Å². The lowest BCUT2D eigenvalue weighted by Crippen LogP contribution is -2.00. The molecule has 0 spiro atoms. The van der Waals surface area contributed by atoms with E-state index < -0.39 is 5.82 Å². The summed E-state index contributed by atoms with van der Waals surface area (Å²) in [6, 6.07) is 4.86. The first kappa shape index (κ1) is 7.40. The smallest absolute Gasteiger partial charge is 0.166 e. The van der Waals surface area contributed by atoms with Crippen LogP contribution in [-0.2, 0) is 0 Å². The van der Waals surface area contributed by atoms with E-state index in [0.717, 1.165) is 18.5 Å². The van der Waals surface area contributed by atoms with Crippen molar-refractivity contribution in [2.24, 2.45) is 0 Å². The monoisotopic (exact) mass is 167 g/mol. The maximum Gasteiger partial charge on any atom is 0.166 e. The zero-order chi connectivity index (χ0) is 8.55. The third-order valence-electron chi connectivity index (χ3n) is 1.90. The zero-order valence-electron chi connectivity index (χ0n) is 6.55. The first-order chi connectivity index (χ1) is 5.75. The van der Waals surface area contributed by atoms with Crippen LogP contribution in [0.1, 0.15) is 12.8 Å². The van der Waals surface area contributed by atoms with Crippen molar-refractivity contribution in [3.63, 3.8) is 0 Å². The van der Waals surface area contributed by atoms with Gasteiger partial charge in [-0.3, -0.25) is 0 Å². The predicted molar refractivity (Wildman–Crippen MR) is 44.7 cm³/mol. The molecule has 64 valence electrons. The molecule has 1 saturated carbocycles. The van der Waals surface area contributed by atoms with Crippen LogP contribution >= 0.6 is 0 Å². The number of rotatable bonds is 2. The van der Waals surface area contributed by atoms with Gasteiger partial charge in [0.25, 0.3) is 0 Å². The summed E-state index contributed by atoms with van der Waals surface area (Å²) in [6.07, 6.45) is 2.31. The summed E-state index contributed by atoms with van der Waals surface area (Å²) in [5, 5.41) is 12.0. The Labute approximate surface area is 70.0 Å². The van der Waals surface area contributed by atoms with Crippen molar-refractivity contribution >= 4 is 5.69 Å². The van der Waals surface area contributed by atoms with Crippen molar-refractivity contribution in [2.75, 3.05) is 5.32 Å². The van der Waals surface area contributed by atoms with Crippen LogP contribution in [0.25, 0.3) is 0 Å². The molecule has 1 aliphatic rings. The van der Waals surface area contributed by atoms with Gasteiger partial charge in [0, 0.05) is 17.8 Å². The molecule has 3 heteroatoms. The molecule has 2 nitrogen and oxygen atoms in total. The number of phenolic OH excluding ortho intramolecular Hbond substituents is 1. The Morgan fingerprint density at radius 2 is 2.17 bits per heavy atom. The van der Waals surface area contributed by atoms with Crippen LogP contribution in [0.4, 0.5) is 10.1 Å². The molecule has 0 radical (unpaired) electrons. The number of nitrogens with one attached hydrogen (secondary N) is 1. The molecular weight excluding hydrogens is 157 g/mol. The first-order valence-electron chi connectivity index (χ1n) is 4.01. The number of aromatic hydroxyl groups is 1. The molecule has 0 saturated heterocycles. The highest BCUT2D eigenvalue weighted by atomic mass is 19.1. The quantitative estimate of drug-likeness (QED) is 0.661. The largest absolute Gasteiger partial charge is 0.505 e. The maximum absolute atomic E-state index is 12.8. The molecule has 0 atom stereocenters. The Morgan fingerprint density at radius 3 is 2.75 bits per heavy atom. The molecular formula is C9H10FNO. The van der Waals surface area contributed by atoms with Gasteiger partial charge in [-0.05, 0) is 25.0 Å². The van der Waals surface area contributed by atoms with Crippen LogP contribution in [0.3, 0.4) is 0 Å². The molecule has 12 heavy (non-hydrogen) atoms. The number of halogens is 1. The summed E-state index contributed by atoms with van der Waals surface area (Å²) in [5.74, 6) is -0.864. The highest BCUT2D eigenvalue weighted by Crippen LogP contribution is 2.26. The van der Waals surface area contributed by atoms with E-state index in [1.54, 1.807) is 6.07 Å². The zero-order valence-corrected chi connectivity index (χ0v) is 6.55. The summed E-state index contributed by atoms with van der Waals surface area (Å²) in [7, 11) is 0. The lowest BCUT2D eigenvalue weighted by atomic mass is 10.3. The summed E-state index contributed by atoms with van der Waals surface area (Å²) >= 11 is 0. The topological polar surface area (TPSA) is 32.3 Å². The van der Waals surface area contributed by atoms with Gasteiger partial charge in [-0.1, -0.05) is 0 Å². The number of phenols is 1. The van der Waals surface area contributed by atoms with Gasteiger partial charge in [-0.25, -0.2) is 4.39 Å². The molecule has 0 unspecified atom stereocenters. The molecule has 2 N–H and O–H groups in total. The molecule has 1 fully saturated rings. The van der Waals surface area contributed by atoms with Gasteiger partial charge in [0.2, 0.25) is 0 Å². The van der Waals surface area contributed by atoms with Gasteiger partial charge in [-0.2, -0.15) is 0 Å². The molecule has 0 aliphatic heterocycles. The van der Waals surface area contributed by atoms with Crippen molar-refractivity contribution in [3.05, 3.63) is 24.0 Å². The minimum absolute atomic E-state index is 0.295. The molecule has 0 heterocycles. The van der Waals surface area contributed by atoms with Gasteiger partial charge in [-0.15, -0.1) is 0 Å². The van der Waals surface area contributed by atoms with Crippen molar-refractivity contribution in [1.82, 2.24) is 0 Å². The second kappa shape index (κ2) is 2.66. The normalized spacial score (nSPS) is 16.1. The second-order valence-electron chi connectivity index (χ2n) is 3.08. The van der Waals surface area contributed by atoms with Crippen molar-refractivity contribution in [2.45, 2.75) is 18.9 Å². The van der Waals surface area contributed by atoms with Crippen molar-refractivity contribution in [3.8, 4) is 5.75 Å². The number of anilines is 1. The van der Waals surface area contributed by atoms with Crippen LogP contribution in [0.15, 0.2) is 18.2 Å². The molecule has 2 rings (SSSR count). The van der Waals surface area contributed by atoms with Crippen molar-refractivity contribution in [1.29, 1.82) is 0 Å². The fourth-order valence-electron chi connectivity index (χ4n) is 1.06. The fraction of sp³-hybridized carbons (Fsp3) is 0.333. The van der Waals surface area contributed by atoms with E-state index >= 15 is 0 Å². The molecule has 1 aliphatic carbocycles. The average Bonchev–Trinajstić information content (AvgIpc) is 2.81. The molecule has 1 aromatic carbocycles. The van der Waals surface area contributed by atoms with Crippen LogP contribution in [0, 0.1) is 5.82 Å². The SMILES string of the molecule is Oc1ccc(NC2CC2)cc1F. The molecule has 0 aromatic heterocycles. The van der Waals surface area contributed by atoms with E-state index in [9.17, 15) is 4.39 Å². The Bertz CT molecular complexity index is 297. The van der Waals surface area contributed by atoms with Crippen LogP contribution in [0.5, 0.6) is 5.75 Å². The van der Waals surface area contributed by atoms with E-state index in [4.69, 9.17) is 5.11 Å². The van der Waals surface area contributed by atoms with Gasteiger partial charge < -0.3 is 10.4 Å². The predicted octanol–water partition coefficient (Wildman–Crippen LogP) is 2.11. The van der Waals surface area contributed by atoms with Gasteiger partial charge in [0.05, 0.1) is 0 Å². The van der Waals surface area contributed by atoms with Crippen LogP contribution in [-0.4, -0.2) is 11.1 Å². The number of benzene rings is 1. The highest BCUT2D eigenvalue weighted by Gasteiger charge is 2.20. The minimum Gasteiger partial charge on any atom is -0.505 e. The highest BCUT2D eigenvalue weighted by molar-refractivity contribution is 5.48. The van der Waals surface area contributed by atoms with E-state index in [0.29, 0.717) is 6.04 Å². The Hall–Kier alpha value is -1.25. The fourth-order valence-corrected chi connectivity index (χ4v) is 1.06. The van der Waals surface area contributed by atoms with Gasteiger partial charge in [0.1, 0.15) is 0 Å². The second-order valence-corrected chi connectivity index (χ2v) is 3.08. The molecule has 1 aromatic rings. The molecule has 0 bridgehead atoms. The minimum atomic E-state index is -0.569. The standard InChI is InChI=1S/C9H10FNO/c10-8-5-7(3-4-9(8)12)11-6-1-2-6/h3-6,11-12H,1-2H2. The average molecular weight is 167 g/mol. The third-order valence-corrected chi connectivity index (χ3v) is 1.90. The van der Waals surface area contributed by atoms with Gasteiger partial charge >= 0.3 is 0 Å². The van der Waals surface area contributed by atoms with Crippen molar-refractivity contribution < 1.29 is 9.50 Å². The van der Waals surface area contributed by atoms with E-state index in [1.165, 1.54) is 12.1 Å². The van der Waals surface area contributed by atoms with E-state index in [1.807, 2.05) is 0 Å². The number of hydrogen-bond acceptors (Lipinski definition) is 2. The Balaban J connectivity index is 2.15. The Morgan fingerprint density at radius 1 is 1.42 bits per heavy atom. The number of hydrogen-bond donors (Lipinski definition) is 2. The maximum atomic E-state index is 12.8. The lowest BCUT2D eigenvalue weighted by Gasteiger charge is -2.04. The third kappa shape index (κ3) is 1.49. The molecule has 0 amide bonds. The van der Waals surface area contributed by atoms with Crippen LogP contribution in [0.2, 0.25) is 0 Å². The first-order valence-corrected chi connectivity index (χ1v) is 4.01. The summed E-state index contributed by atoms with van der Waals surface area (Å²) in [6.45, 7) is 0.